The molecule has 1 fully saturated rings. The van der Waals surface area contributed by atoms with E-state index in [1.54, 1.807) is 20.8 Å². The minimum absolute atomic E-state index is 0.00878. The SMILES string of the molecule is CC(C)(C)OC(=O)N1C[C@@H](N=[N+]=[N-])C[C@H]1C(=O)Nc1ccc(Cl)c(C(F)(F)F)c1. The highest BCUT2D eigenvalue weighted by Gasteiger charge is 2.41. The van der Waals surface area contributed by atoms with E-state index in [0.717, 1.165) is 11.0 Å². The van der Waals surface area contributed by atoms with Crippen LogP contribution in [0.5, 0.6) is 0 Å². The lowest BCUT2D eigenvalue weighted by Gasteiger charge is -2.28. The number of benzene rings is 1. The zero-order chi connectivity index (χ0) is 22.0. The summed E-state index contributed by atoms with van der Waals surface area (Å²) in [5.41, 5.74) is 6.57. The first-order valence-corrected chi connectivity index (χ1v) is 8.91. The first-order chi connectivity index (χ1) is 13.3. The van der Waals surface area contributed by atoms with Crippen LogP contribution in [0.2, 0.25) is 5.02 Å². The Kier molecular flexibility index (Phi) is 6.54. The molecular weight excluding hydrogens is 415 g/mol. The van der Waals surface area contributed by atoms with E-state index in [2.05, 4.69) is 15.3 Å². The fourth-order valence-corrected chi connectivity index (χ4v) is 3.01. The second-order valence-corrected chi connectivity index (χ2v) is 7.83. The lowest BCUT2D eigenvalue weighted by atomic mass is 10.1. The summed E-state index contributed by atoms with van der Waals surface area (Å²) in [5.74, 6) is -0.734. The van der Waals surface area contributed by atoms with Crippen LogP contribution >= 0.6 is 11.6 Å². The standard InChI is InChI=1S/C17H19ClF3N5O3/c1-16(2,3)29-15(28)26-8-10(24-25-22)7-13(26)14(27)23-9-4-5-12(18)11(6-9)17(19,20)21/h4-6,10,13H,7-8H2,1-3H3,(H,23,27)/t10-,13-/m0/s1. The number of amides is 2. The zero-order valence-electron chi connectivity index (χ0n) is 15.8. The normalized spacial score (nSPS) is 19.5. The van der Waals surface area contributed by atoms with Crippen molar-refractivity contribution in [1.29, 1.82) is 0 Å². The van der Waals surface area contributed by atoms with E-state index in [0.29, 0.717) is 6.07 Å². The predicted molar refractivity (Wildman–Crippen MR) is 99.4 cm³/mol. The molecule has 2 amide bonds. The lowest BCUT2D eigenvalue weighted by Crippen LogP contribution is -2.45. The second kappa shape index (κ2) is 8.38. The minimum atomic E-state index is -4.69. The number of nitrogens with zero attached hydrogens (tertiary/aromatic N) is 4. The van der Waals surface area contributed by atoms with Crippen molar-refractivity contribution in [3.05, 3.63) is 39.2 Å². The van der Waals surface area contributed by atoms with Gasteiger partial charge in [0.15, 0.2) is 0 Å². The number of likely N-dealkylation sites (tertiary alicyclic amines) is 1. The number of rotatable bonds is 3. The number of hydrogen-bond acceptors (Lipinski definition) is 4. The number of halogens is 4. The van der Waals surface area contributed by atoms with Gasteiger partial charge in [-0.05, 0) is 50.9 Å². The van der Waals surface area contributed by atoms with Crippen LogP contribution in [0.15, 0.2) is 23.3 Å². The van der Waals surface area contributed by atoms with Gasteiger partial charge in [0.05, 0.1) is 16.6 Å². The van der Waals surface area contributed by atoms with Gasteiger partial charge in [-0.2, -0.15) is 13.2 Å². The summed E-state index contributed by atoms with van der Waals surface area (Å²) in [7, 11) is 0. The average molecular weight is 434 g/mol. The van der Waals surface area contributed by atoms with E-state index in [1.165, 1.54) is 6.07 Å². The summed E-state index contributed by atoms with van der Waals surface area (Å²) in [4.78, 5) is 28.9. The number of anilines is 1. The summed E-state index contributed by atoms with van der Waals surface area (Å²) in [6, 6.07) is 1.19. The Hall–Kier alpha value is -2.65. The Labute approximate surface area is 169 Å². The highest BCUT2D eigenvalue weighted by Crippen LogP contribution is 2.36. The zero-order valence-corrected chi connectivity index (χ0v) is 16.6. The van der Waals surface area contributed by atoms with Gasteiger partial charge in [0.2, 0.25) is 5.91 Å². The smallest absolute Gasteiger partial charge is 0.417 e. The van der Waals surface area contributed by atoms with E-state index >= 15 is 0 Å². The van der Waals surface area contributed by atoms with Crippen LogP contribution in [0.1, 0.15) is 32.8 Å². The summed E-state index contributed by atoms with van der Waals surface area (Å²) in [5, 5.41) is 5.38. The van der Waals surface area contributed by atoms with Crippen molar-refractivity contribution in [2.45, 2.75) is 51.1 Å². The van der Waals surface area contributed by atoms with Gasteiger partial charge in [0, 0.05) is 17.1 Å². The molecule has 0 radical (unpaired) electrons. The number of hydrogen-bond donors (Lipinski definition) is 1. The number of alkyl halides is 3. The van der Waals surface area contributed by atoms with Crippen LogP contribution in [0.4, 0.5) is 23.7 Å². The Morgan fingerprint density at radius 1 is 1.34 bits per heavy atom. The molecule has 0 bridgehead atoms. The van der Waals surface area contributed by atoms with Crippen molar-refractivity contribution in [1.82, 2.24) is 4.90 Å². The number of ether oxygens (including phenoxy) is 1. The first kappa shape index (κ1) is 22.6. The Morgan fingerprint density at radius 3 is 2.55 bits per heavy atom. The van der Waals surface area contributed by atoms with E-state index in [1.807, 2.05) is 0 Å². The Bertz CT molecular complexity index is 850. The molecule has 29 heavy (non-hydrogen) atoms. The summed E-state index contributed by atoms with van der Waals surface area (Å²) in [6.45, 7) is 4.89. The maximum atomic E-state index is 13.0. The van der Waals surface area contributed by atoms with Crippen molar-refractivity contribution >= 4 is 29.3 Å². The van der Waals surface area contributed by atoms with Crippen LogP contribution < -0.4 is 5.32 Å². The molecule has 0 spiro atoms. The van der Waals surface area contributed by atoms with Crippen molar-refractivity contribution in [3.63, 3.8) is 0 Å². The molecule has 1 saturated heterocycles. The monoisotopic (exact) mass is 433 g/mol. The van der Waals surface area contributed by atoms with Crippen LogP contribution in [0, 0.1) is 0 Å². The molecule has 0 aromatic heterocycles. The summed E-state index contributed by atoms with van der Waals surface area (Å²) >= 11 is 5.58. The maximum absolute atomic E-state index is 13.0. The molecule has 1 aromatic carbocycles. The molecule has 158 valence electrons. The van der Waals surface area contributed by atoms with Gasteiger partial charge < -0.3 is 10.1 Å². The molecule has 0 aliphatic carbocycles. The molecular formula is C17H19ClF3N5O3. The van der Waals surface area contributed by atoms with Crippen molar-refractivity contribution in [2.24, 2.45) is 5.11 Å². The predicted octanol–water partition coefficient (Wildman–Crippen LogP) is 4.99. The highest BCUT2D eigenvalue weighted by molar-refractivity contribution is 6.31. The van der Waals surface area contributed by atoms with Crippen molar-refractivity contribution < 1.29 is 27.5 Å². The number of carbonyl (C=O) groups is 2. The fourth-order valence-electron chi connectivity index (χ4n) is 2.79. The van der Waals surface area contributed by atoms with Crippen LogP contribution in [-0.2, 0) is 15.7 Å². The topological polar surface area (TPSA) is 107 Å². The van der Waals surface area contributed by atoms with Gasteiger partial charge in [-0.25, -0.2) is 4.79 Å². The average Bonchev–Trinajstić information content (AvgIpc) is 2.99. The number of carbonyl (C=O) groups excluding carboxylic acids is 2. The van der Waals surface area contributed by atoms with Gasteiger partial charge in [-0.1, -0.05) is 16.7 Å². The maximum Gasteiger partial charge on any atom is 0.417 e. The summed E-state index contributed by atoms with van der Waals surface area (Å²) < 4.78 is 44.3. The van der Waals surface area contributed by atoms with E-state index in [-0.39, 0.29) is 18.7 Å². The molecule has 2 atom stereocenters. The highest BCUT2D eigenvalue weighted by atomic mass is 35.5. The summed E-state index contributed by atoms with van der Waals surface area (Å²) in [6.07, 6.45) is -5.48. The Morgan fingerprint density at radius 2 is 2.00 bits per heavy atom. The van der Waals surface area contributed by atoms with E-state index in [9.17, 15) is 22.8 Å². The minimum Gasteiger partial charge on any atom is -0.444 e. The molecule has 1 N–H and O–H groups in total. The third kappa shape index (κ3) is 5.91. The van der Waals surface area contributed by atoms with Gasteiger partial charge in [0.1, 0.15) is 11.6 Å². The largest absolute Gasteiger partial charge is 0.444 e. The third-order valence-electron chi connectivity index (χ3n) is 3.96. The van der Waals surface area contributed by atoms with E-state index in [4.69, 9.17) is 21.9 Å². The van der Waals surface area contributed by atoms with Gasteiger partial charge in [0.25, 0.3) is 0 Å². The van der Waals surface area contributed by atoms with Crippen LogP contribution in [0.25, 0.3) is 10.4 Å². The van der Waals surface area contributed by atoms with Crippen LogP contribution in [0.3, 0.4) is 0 Å². The molecule has 8 nitrogen and oxygen atoms in total. The lowest BCUT2D eigenvalue weighted by molar-refractivity contribution is -0.137. The van der Waals surface area contributed by atoms with Gasteiger partial charge >= 0.3 is 12.3 Å². The van der Waals surface area contributed by atoms with Crippen molar-refractivity contribution in [3.8, 4) is 0 Å². The molecule has 1 aliphatic rings. The number of azide groups is 1. The van der Waals surface area contributed by atoms with E-state index < -0.39 is 46.4 Å². The Balaban J connectivity index is 2.24. The van der Waals surface area contributed by atoms with Crippen molar-refractivity contribution in [2.75, 3.05) is 11.9 Å². The molecule has 0 unspecified atom stereocenters. The quantitative estimate of drug-likeness (QED) is 0.412. The van der Waals surface area contributed by atoms with Gasteiger partial charge in [-0.3, -0.25) is 9.69 Å². The fraction of sp³-hybridized carbons (Fsp3) is 0.529. The first-order valence-electron chi connectivity index (χ1n) is 8.53. The molecule has 1 heterocycles. The van der Waals surface area contributed by atoms with Gasteiger partial charge in [-0.15, -0.1) is 0 Å². The molecule has 1 aliphatic heterocycles. The third-order valence-corrected chi connectivity index (χ3v) is 4.29. The molecule has 0 saturated carbocycles. The van der Waals surface area contributed by atoms with Crippen LogP contribution in [-0.4, -0.2) is 41.1 Å². The second-order valence-electron chi connectivity index (χ2n) is 7.42. The molecule has 1 aromatic rings. The molecule has 12 heteroatoms. The molecule has 2 rings (SSSR count). The number of nitrogens with one attached hydrogen (secondary N) is 1.